The quantitative estimate of drug-likeness (QED) is 0.335. The summed E-state index contributed by atoms with van der Waals surface area (Å²) < 4.78 is 11.6. The summed E-state index contributed by atoms with van der Waals surface area (Å²) in [5, 5.41) is 1.07. The van der Waals surface area contributed by atoms with Crippen LogP contribution in [0.25, 0.3) is 10.9 Å². The molecule has 6 nitrogen and oxygen atoms in total. The van der Waals surface area contributed by atoms with Crippen molar-refractivity contribution in [3.63, 3.8) is 0 Å². The Labute approximate surface area is 218 Å². The largest absolute Gasteiger partial charge is 0.497 e. The van der Waals surface area contributed by atoms with Gasteiger partial charge in [0.25, 0.3) is 0 Å². The Bertz CT molecular complexity index is 1330. The van der Waals surface area contributed by atoms with E-state index in [0.29, 0.717) is 13.0 Å². The highest BCUT2D eigenvalue weighted by molar-refractivity contribution is 5.87. The number of carbonyl (C=O) groups excluding carboxylic acids is 1. The molecule has 1 N–H and O–H groups in total. The van der Waals surface area contributed by atoms with Gasteiger partial charge in [-0.1, -0.05) is 49.4 Å². The van der Waals surface area contributed by atoms with Crippen LogP contribution < -0.4 is 9.47 Å². The molecular formula is C31H35N3O3. The number of nitrogens with zero attached hydrogens (tertiary/aromatic N) is 2. The van der Waals surface area contributed by atoms with Gasteiger partial charge in [-0.15, -0.1) is 0 Å². The van der Waals surface area contributed by atoms with E-state index in [2.05, 4.69) is 47.1 Å². The Morgan fingerprint density at radius 1 is 0.946 bits per heavy atom. The highest BCUT2D eigenvalue weighted by Crippen LogP contribution is 2.36. The van der Waals surface area contributed by atoms with Gasteiger partial charge in [-0.25, -0.2) is 0 Å². The SMILES string of the molecule is CCN1CCN(C(=O)CC(c2cccc(OCc3ccccc3)c2)c2c[nH]c3ccc(OC)cc23)CC1. The molecule has 4 aromatic rings. The molecule has 0 saturated carbocycles. The van der Waals surface area contributed by atoms with Crippen LogP contribution in [0.1, 0.15) is 36.0 Å². The predicted octanol–water partition coefficient (Wildman–Crippen LogP) is 5.44. The van der Waals surface area contributed by atoms with Gasteiger partial charge in [0.05, 0.1) is 7.11 Å². The maximum atomic E-state index is 13.6. The van der Waals surface area contributed by atoms with E-state index < -0.39 is 0 Å². The average molecular weight is 498 g/mol. The lowest BCUT2D eigenvalue weighted by atomic mass is 9.87. The highest BCUT2D eigenvalue weighted by Gasteiger charge is 2.27. The van der Waals surface area contributed by atoms with Crippen LogP contribution in [0.3, 0.4) is 0 Å². The van der Waals surface area contributed by atoms with Crippen LogP contribution in [0, 0.1) is 0 Å². The number of piperazine rings is 1. The van der Waals surface area contributed by atoms with E-state index >= 15 is 0 Å². The number of ether oxygens (including phenoxy) is 2. The lowest BCUT2D eigenvalue weighted by molar-refractivity contribution is -0.133. The zero-order valence-corrected chi connectivity index (χ0v) is 21.7. The molecule has 1 aliphatic heterocycles. The van der Waals surface area contributed by atoms with Crippen LogP contribution in [0.2, 0.25) is 0 Å². The monoisotopic (exact) mass is 497 g/mol. The molecule has 1 saturated heterocycles. The summed E-state index contributed by atoms with van der Waals surface area (Å²) in [5.41, 5.74) is 4.31. The molecule has 1 atom stereocenters. The smallest absolute Gasteiger partial charge is 0.223 e. The molecule has 0 spiro atoms. The molecule has 1 fully saturated rings. The maximum absolute atomic E-state index is 13.6. The van der Waals surface area contributed by atoms with Gasteiger partial charge >= 0.3 is 0 Å². The lowest BCUT2D eigenvalue weighted by Crippen LogP contribution is -2.48. The molecule has 1 aliphatic rings. The van der Waals surface area contributed by atoms with Crippen molar-refractivity contribution in [1.82, 2.24) is 14.8 Å². The van der Waals surface area contributed by atoms with Gasteiger partial charge < -0.3 is 24.3 Å². The number of likely N-dealkylation sites (N-methyl/N-ethyl adjacent to an activating group) is 1. The fourth-order valence-electron chi connectivity index (χ4n) is 5.12. The molecule has 37 heavy (non-hydrogen) atoms. The number of aromatic nitrogens is 1. The van der Waals surface area contributed by atoms with Crippen LogP contribution in [-0.2, 0) is 11.4 Å². The van der Waals surface area contributed by atoms with E-state index in [1.165, 1.54) is 0 Å². The first-order chi connectivity index (χ1) is 18.1. The summed E-state index contributed by atoms with van der Waals surface area (Å²) in [7, 11) is 1.68. The number of hydrogen-bond donors (Lipinski definition) is 1. The van der Waals surface area contributed by atoms with Crippen LogP contribution in [0.4, 0.5) is 0 Å². The third kappa shape index (κ3) is 5.81. The number of fused-ring (bicyclic) bond motifs is 1. The highest BCUT2D eigenvalue weighted by atomic mass is 16.5. The van der Waals surface area contributed by atoms with E-state index in [0.717, 1.165) is 71.8 Å². The first-order valence-corrected chi connectivity index (χ1v) is 13.1. The van der Waals surface area contributed by atoms with E-state index in [1.807, 2.05) is 53.6 Å². The fraction of sp³-hybridized carbons (Fsp3) is 0.323. The molecule has 1 aromatic heterocycles. The normalized spacial score (nSPS) is 15.0. The topological polar surface area (TPSA) is 57.8 Å². The molecule has 1 unspecified atom stereocenters. The molecular weight excluding hydrogens is 462 g/mol. The molecule has 0 bridgehead atoms. The number of hydrogen-bond acceptors (Lipinski definition) is 4. The second kappa shape index (κ2) is 11.5. The van der Waals surface area contributed by atoms with Gasteiger partial charge in [-0.2, -0.15) is 0 Å². The molecule has 0 aliphatic carbocycles. The zero-order chi connectivity index (χ0) is 25.6. The molecule has 2 heterocycles. The van der Waals surface area contributed by atoms with Crippen LogP contribution >= 0.6 is 0 Å². The number of benzene rings is 3. The van der Waals surface area contributed by atoms with Gasteiger partial charge in [-0.05, 0) is 53.6 Å². The van der Waals surface area contributed by atoms with Gasteiger partial charge in [0.15, 0.2) is 0 Å². The number of H-pyrrole nitrogens is 1. The van der Waals surface area contributed by atoms with Gasteiger partial charge in [0, 0.05) is 55.6 Å². The van der Waals surface area contributed by atoms with Crippen LogP contribution in [0.5, 0.6) is 11.5 Å². The van der Waals surface area contributed by atoms with Crippen LogP contribution in [0.15, 0.2) is 79.0 Å². The van der Waals surface area contributed by atoms with E-state index in [9.17, 15) is 4.79 Å². The summed E-state index contributed by atoms with van der Waals surface area (Å²) in [6, 6.07) is 24.4. The van der Waals surface area contributed by atoms with E-state index in [-0.39, 0.29) is 11.8 Å². The van der Waals surface area contributed by atoms with Crippen molar-refractivity contribution < 1.29 is 14.3 Å². The minimum atomic E-state index is -0.113. The van der Waals surface area contributed by atoms with Crippen molar-refractivity contribution in [2.24, 2.45) is 0 Å². The van der Waals surface area contributed by atoms with Gasteiger partial charge in [0.1, 0.15) is 18.1 Å². The van der Waals surface area contributed by atoms with Gasteiger partial charge in [-0.3, -0.25) is 4.79 Å². The van der Waals surface area contributed by atoms with Crippen molar-refractivity contribution in [3.05, 3.63) is 95.7 Å². The summed E-state index contributed by atoms with van der Waals surface area (Å²) in [6.07, 6.45) is 2.44. The Morgan fingerprint density at radius 2 is 1.76 bits per heavy atom. The molecule has 192 valence electrons. The van der Waals surface area contributed by atoms with Crippen molar-refractivity contribution in [2.75, 3.05) is 39.8 Å². The molecule has 0 radical (unpaired) electrons. The summed E-state index contributed by atoms with van der Waals surface area (Å²) >= 11 is 0. The first-order valence-electron chi connectivity index (χ1n) is 13.1. The zero-order valence-electron chi connectivity index (χ0n) is 21.7. The number of rotatable bonds is 9. The van der Waals surface area contributed by atoms with E-state index in [4.69, 9.17) is 9.47 Å². The Hall–Kier alpha value is -3.77. The summed E-state index contributed by atoms with van der Waals surface area (Å²) in [5.74, 6) is 1.67. The van der Waals surface area contributed by atoms with Crippen molar-refractivity contribution in [3.8, 4) is 11.5 Å². The fourth-order valence-corrected chi connectivity index (χ4v) is 5.12. The number of nitrogens with one attached hydrogen (secondary N) is 1. The van der Waals surface area contributed by atoms with Crippen LogP contribution in [-0.4, -0.2) is 60.5 Å². The third-order valence-electron chi connectivity index (χ3n) is 7.36. The molecule has 3 aromatic carbocycles. The first kappa shape index (κ1) is 24.9. The predicted molar refractivity (Wildman–Crippen MR) is 147 cm³/mol. The van der Waals surface area contributed by atoms with Crippen molar-refractivity contribution in [2.45, 2.75) is 25.9 Å². The maximum Gasteiger partial charge on any atom is 0.223 e. The standard InChI is InChI=1S/C31H35N3O3/c1-3-33-14-16-34(17-15-33)31(35)20-27(29-21-32-30-13-12-25(36-2)19-28(29)30)24-10-7-11-26(18-24)37-22-23-8-5-4-6-9-23/h4-13,18-19,21,27,32H,3,14-17,20,22H2,1-2H3. The van der Waals surface area contributed by atoms with Crippen molar-refractivity contribution in [1.29, 1.82) is 0 Å². The number of carbonyl (C=O) groups is 1. The number of methoxy groups -OCH3 is 1. The Balaban J connectivity index is 1.44. The second-order valence-electron chi connectivity index (χ2n) is 9.57. The molecule has 1 amide bonds. The van der Waals surface area contributed by atoms with E-state index in [1.54, 1.807) is 7.11 Å². The Kier molecular flexibility index (Phi) is 7.76. The van der Waals surface area contributed by atoms with Crippen molar-refractivity contribution >= 4 is 16.8 Å². The molecule has 5 rings (SSSR count). The summed E-state index contributed by atoms with van der Waals surface area (Å²) in [4.78, 5) is 21.4. The summed E-state index contributed by atoms with van der Waals surface area (Å²) in [6.45, 7) is 7.12. The number of aromatic amines is 1. The molecule has 6 heteroatoms. The van der Waals surface area contributed by atoms with Gasteiger partial charge in [0.2, 0.25) is 5.91 Å². The third-order valence-corrected chi connectivity index (χ3v) is 7.36. The average Bonchev–Trinajstić information content (AvgIpc) is 3.38. The minimum Gasteiger partial charge on any atom is -0.497 e. The second-order valence-corrected chi connectivity index (χ2v) is 9.57. The minimum absolute atomic E-state index is 0.113. The lowest BCUT2D eigenvalue weighted by Gasteiger charge is -2.35. The Morgan fingerprint density at radius 3 is 2.51 bits per heavy atom. The number of amides is 1.